The molecule has 0 saturated carbocycles. The van der Waals surface area contributed by atoms with Crippen LogP contribution in [-0.4, -0.2) is 32.4 Å². The number of hydrogen-bond acceptors (Lipinski definition) is 4. The molecular weight excluding hydrogens is 336 g/mol. The molecule has 6 heteroatoms. The lowest BCUT2D eigenvalue weighted by molar-refractivity contribution is 0.0682. The van der Waals surface area contributed by atoms with Crippen LogP contribution in [0.2, 0.25) is 0 Å². The van der Waals surface area contributed by atoms with E-state index in [1.165, 1.54) is 12.1 Å². The summed E-state index contributed by atoms with van der Waals surface area (Å²) in [5.41, 5.74) is 1.16. The molecule has 4 N–H and O–H groups in total. The highest BCUT2D eigenvalue weighted by atomic mass is 16.4. The van der Waals surface area contributed by atoms with Crippen LogP contribution in [0.15, 0.2) is 24.3 Å². The number of carboxylic acids is 2. The van der Waals surface area contributed by atoms with Crippen LogP contribution in [-0.2, 0) is 11.8 Å². The molecule has 0 aliphatic carbocycles. The van der Waals surface area contributed by atoms with Crippen molar-refractivity contribution in [2.75, 3.05) is 0 Å². The van der Waals surface area contributed by atoms with E-state index in [0.29, 0.717) is 22.3 Å². The summed E-state index contributed by atoms with van der Waals surface area (Å²) < 4.78 is 0. The molecule has 138 valence electrons. The van der Waals surface area contributed by atoms with Gasteiger partial charge in [0.15, 0.2) is 0 Å². The molecule has 0 aromatic heterocycles. The molecule has 0 saturated heterocycles. The Morgan fingerprint density at radius 1 is 0.885 bits per heavy atom. The topological polar surface area (TPSA) is 115 Å². The third-order valence-electron chi connectivity index (χ3n) is 4.17. The largest absolute Gasteiger partial charge is 0.507 e. The normalized spacial score (nSPS) is 11.4. The van der Waals surface area contributed by atoms with Crippen LogP contribution in [0.25, 0.3) is 0 Å². The maximum atomic E-state index is 11.5. The van der Waals surface area contributed by atoms with E-state index in [4.69, 9.17) is 0 Å². The zero-order valence-corrected chi connectivity index (χ0v) is 15.1. The first kappa shape index (κ1) is 19.3. The van der Waals surface area contributed by atoms with Gasteiger partial charge in [-0.3, -0.25) is 0 Å². The second-order valence-electron chi connectivity index (χ2n) is 7.40. The molecule has 0 radical (unpaired) electrons. The summed E-state index contributed by atoms with van der Waals surface area (Å²) in [5, 5.41) is 39.1. The predicted octanol–water partition coefficient (Wildman–Crippen LogP) is 3.69. The first-order valence-electron chi connectivity index (χ1n) is 8.07. The van der Waals surface area contributed by atoms with Crippen LogP contribution >= 0.6 is 0 Å². The lowest BCUT2D eigenvalue weighted by Crippen LogP contribution is -2.14. The Bertz CT molecular complexity index is 890. The number of aromatic carboxylic acids is 2. The average Bonchev–Trinajstić information content (AvgIpc) is 2.50. The lowest BCUT2D eigenvalue weighted by atomic mass is 9.83. The molecule has 0 aliphatic heterocycles. The van der Waals surface area contributed by atoms with Crippen molar-refractivity contribution in [3.63, 3.8) is 0 Å². The minimum absolute atomic E-state index is 0.136. The molecule has 0 atom stereocenters. The van der Waals surface area contributed by atoms with E-state index < -0.39 is 17.4 Å². The molecule has 6 nitrogen and oxygen atoms in total. The number of rotatable bonds is 4. The first-order valence-corrected chi connectivity index (χ1v) is 8.07. The average molecular weight is 358 g/mol. The van der Waals surface area contributed by atoms with E-state index in [0.717, 1.165) is 0 Å². The molecule has 0 amide bonds. The second-order valence-corrected chi connectivity index (χ2v) is 7.40. The van der Waals surface area contributed by atoms with Crippen LogP contribution in [0, 0.1) is 6.92 Å². The molecule has 0 heterocycles. The number of phenols is 2. The van der Waals surface area contributed by atoms with Crippen molar-refractivity contribution < 1.29 is 30.0 Å². The van der Waals surface area contributed by atoms with Gasteiger partial charge in [-0.2, -0.15) is 0 Å². The third kappa shape index (κ3) is 3.79. The van der Waals surface area contributed by atoms with Crippen molar-refractivity contribution in [2.24, 2.45) is 0 Å². The van der Waals surface area contributed by atoms with Gasteiger partial charge in [-0.25, -0.2) is 9.59 Å². The Morgan fingerprint density at radius 3 is 1.92 bits per heavy atom. The summed E-state index contributed by atoms with van der Waals surface area (Å²) in [5.74, 6) is -3.12. The van der Waals surface area contributed by atoms with Gasteiger partial charge in [-0.05, 0) is 41.2 Å². The fourth-order valence-electron chi connectivity index (χ4n) is 2.90. The molecular formula is C20H22O6. The second kappa shape index (κ2) is 6.71. The summed E-state index contributed by atoms with van der Waals surface area (Å²) in [6.45, 7) is 7.27. The fraction of sp³-hybridized carbons (Fsp3) is 0.300. The fourth-order valence-corrected chi connectivity index (χ4v) is 2.90. The highest BCUT2D eigenvalue weighted by Crippen LogP contribution is 2.36. The van der Waals surface area contributed by atoms with E-state index in [-0.39, 0.29) is 29.0 Å². The van der Waals surface area contributed by atoms with Crippen LogP contribution in [0.3, 0.4) is 0 Å². The molecule has 2 rings (SSSR count). The third-order valence-corrected chi connectivity index (χ3v) is 4.17. The molecule has 0 bridgehead atoms. The van der Waals surface area contributed by atoms with Crippen LogP contribution < -0.4 is 0 Å². The summed E-state index contributed by atoms with van der Waals surface area (Å²) in [6.07, 6.45) is 0.136. The minimum atomic E-state index is -1.26. The quantitative estimate of drug-likeness (QED) is 0.662. The molecule has 0 unspecified atom stereocenters. The van der Waals surface area contributed by atoms with E-state index in [2.05, 4.69) is 0 Å². The van der Waals surface area contributed by atoms with Crippen molar-refractivity contribution in [1.29, 1.82) is 0 Å². The number of aromatic hydroxyl groups is 2. The van der Waals surface area contributed by atoms with Gasteiger partial charge in [0.25, 0.3) is 0 Å². The maximum absolute atomic E-state index is 11.5. The number of carboxylic acid groups (broad SMARTS) is 2. The minimum Gasteiger partial charge on any atom is -0.507 e. The van der Waals surface area contributed by atoms with Gasteiger partial charge < -0.3 is 20.4 Å². The van der Waals surface area contributed by atoms with E-state index in [1.54, 1.807) is 19.1 Å². The standard InChI is InChI=1S/C20H22O6/c1-10-5-12(16(21)13(6-10)18(23)24)7-11-8-14(19(25)26)17(22)15(9-11)20(2,3)4/h5-6,8-9,21-22H,7H2,1-4H3,(H,23,24)(H,25,26). The highest BCUT2D eigenvalue weighted by molar-refractivity contribution is 5.92. The zero-order chi connectivity index (χ0) is 19.8. The Hall–Kier alpha value is -3.02. The van der Waals surface area contributed by atoms with Crippen molar-refractivity contribution in [3.8, 4) is 11.5 Å². The van der Waals surface area contributed by atoms with Gasteiger partial charge >= 0.3 is 11.9 Å². The van der Waals surface area contributed by atoms with Crippen molar-refractivity contribution >= 4 is 11.9 Å². The Morgan fingerprint density at radius 2 is 1.42 bits per heavy atom. The predicted molar refractivity (Wildman–Crippen MR) is 96.4 cm³/mol. The lowest BCUT2D eigenvalue weighted by Gasteiger charge is -2.22. The SMILES string of the molecule is Cc1cc(Cc2cc(C(=O)O)c(O)c(C(C)(C)C)c2)c(O)c(C(=O)O)c1. The summed E-state index contributed by atoms with van der Waals surface area (Å²) in [4.78, 5) is 22.8. The number of hydrogen-bond donors (Lipinski definition) is 4. The van der Waals surface area contributed by atoms with Gasteiger partial charge in [-0.1, -0.05) is 32.9 Å². The van der Waals surface area contributed by atoms with Gasteiger partial charge in [-0.15, -0.1) is 0 Å². The molecule has 0 spiro atoms. The van der Waals surface area contributed by atoms with Gasteiger partial charge in [0.05, 0.1) is 0 Å². The number of carbonyl (C=O) groups is 2. The van der Waals surface area contributed by atoms with E-state index in [1.807, 2.05) is 20.8 Å². The van der Waals surface area contributed by atoms with E-state index >= 15 is 0 Å². The summed E-state index contributed by atoms with van der Waals surface area (Å²) in [7, 11) is 0. The Balaban J connectivity index is 2.63. The molecule has 2 aromatic rings. The van der Waals surface area contributed by atoms with Crippen LogP contribution in [0.1, 0.15) is 63.7 Å². The number of aryl methyl sites for hydroxylation is 1. The van der Waals surface area contributed by atoms with Gasteiger partial charge in [0.1, 0.15) is 22.6 Å². The molecule has 0 fully saturated rings. The maximum Gasteiger partial charge on any atom is 0.339 e. The van der Waals surface area contributed by atoms with Gasteiger partial charge in [0.2, 0.25) is 0 Å². The summed E-state index contributed by atoms with van der Waals surface area (Å²) >= 11 is 0. The first-order chi connectivity index (χ1) is 11.9. The van der Waals surface area contributed by atoms with Gasteiger partial charge in [0, 0.05) is 12.0 Å². The van der Waals surface area contributed by atoms with Crippen molar-refractivity contribution in [3.05, 3.63) is 57.6 Å². The molecule has 0 aliphatic rings. The zero-order valence-electron chi connectivity index (χ0n) is 15.1. The van der Waals surface area contributed by atoms with Crippen molar-refractivity contribution in [1.82, 2.24) is 0 Å². The van der Waals surface area contributed by atoms with Crippen LogP contribution in [0.4, 0.5) is 0 Å². The monoisotopic (exact) mass is 358 g/mol. The Labute approximate surface area is 151 Å². The molecule has 26 heavy (non-hydrogen) atoms. The smallest absolute Gasteiger partial charge is 0.339 e. The summed E-state index contributed by atoms with van der Waals surface area (Å²) in [6, 6.07) is 6.06. The van der Waals surface area contributed by atoms with Crippen LogP contribution in [0.5, 0.6) is 11.5 Å². The Kier molecular flexibility index (Phi) is 4.98. The highest BCUT2D eigenvalue weighted by Gasteiger charge is 2.24. The van der Waals surface area contributed by atoms with Crippen molar-refractivity contribution in [2.45, 2.75) is 39.5 Å². The van der Waals surface area contributed by atoms with E-state index in [9.17, 15) is 30.0 Å². The number of benzene rings is 2. The molecule has 2 aromatic carbocycles.